The molecular formula is C17H25N3O. The molecule has 0 radical (unpaired) electrons. The summed E-state index contributed by atoms with van der Waals surface area (Å²) in [4.78, 5) is 14.7. The van der Waals surface area contributed by atoms with E-state index < -0.39 is 0 Å². The minimum absolute atomic E-state index is 0.0311. The molecule has 1 aromatic rings. The number of hydrogen-bond donors (Lipinski definition) is 2. The summed E-state index contributed by atoms with van der Waals surface area (Å²) in [5.74, 6) is 0.103. The average Bonchev–Trinajstić information content (AvgIpc) is 3.04. The number of carbonyl (C=O) groups excluding carboxylic acids is 1. The number of nitrogens with zero attached hydrogens (tertiary/aromatic N) is 1. The molecule has 2 saturated heterocycles. The zero-order chi connectivity index (χ0) is 14.7. The van der Waals surface area contributed by atoms with Gasteiger partial charge in [0.15, 0.2) is 0 Å². The molecule has 0 saturated carbocycles. The summed E-state index contributed by atoms with van der Waals surface area (Å²) in [5, 5.41) is 6.37. The lowest BCUT2D eigenvalue weighted by molar-refractivity contribution is -0.118. The number of anilines is 2. The standard InChI is InChI=1S/C17H25N3O/c1-13-12-14(20-10-4-5-11-20)7-8-15(13)19-17(21)16-6-2-3-9-18-16/h7-8,12,16,18H,2-6,9-11H2,1H3,(H,19,21)/t16-/m0/s1. The monoisotopic (exact) mass is 287 g/mol. The molecule has 114 valence electrons. The fraction of sp³-hybridized carbons (Fsp3) is 0.588. The number of hydrogen-bond acceptors (Lipinski definition) is 3. The van der Waals surface area contributed by atoms with E-state index in [1.807, 2.05) is 6.07 Å². The molecule has 2 aliphatic rings. The Morgan fingerprint density at radius 3 is 2.71 bits per heavy atom. The first kappa shape index (κ1) is 14.4. The summed E-state index contributed by atoms with van der Waals surface area (Å²) in [5.41, 5.74) is 3.36. The number of amides is 1. The van der Waals surface area contributed by atoms with Gasteiger partial charge in [-0.3, -0.25) is 4.79 Å². The second-order valence-corrected chi connectivity index (χ2v) is 6.19. The van der Waals surface area contributed by atoms with E-state index in [4.69, 9.17) is 0 Å². The van der Waals surface area contributed by atoms with Crippen LogP contribution < -0.4 is 15.5 Å². The van der Waals surface area contributed by atoms with Crippen LogP contribution in [0.3, 0.4) is 0 Å². The van der Waals surface area contributed by atoms with Crippen molar-refractivity contribution in [1.82, 2.24) is 5.32 Å². The summed E-state index contributed by atoms with van der Waals surface area (Å²) in [6.07, 6.45) is 5.82. The SMILES string of the molecule is Cc1cc(N2CCCC2)ccc1NC(=O)[C@@H]1CCCCN1. The van der Waals surface area contributed by atoms with Gasteiger partial charge in [-0.15, -0.1) is 0 Å². The van der Waals surface area contributed by atoms with Gasteiger partial charge in [0, 0.05) is 24.5 Å². The number of benzene rings is 1. The minimum atomic E-state index is -0.0311. The average molecular weight is 287 g/mol. The molecule has 2 fully saturated rings. The van der Waals surface area contributed by atoms with Crippen molar-refractivity contribution in [3.8, 4) is 0 Å². The molecule has 4 heteroatoms. The summed E-state index contributed by atoms with van der Waals surface area (Å²) >= 11 is 0. The molecule has 2 heterocycles. The fourth-order valence-corrected chi connectivity index (χ4v) is 3.26. The molecule has 1 amide bonds. The largest absolute Gasteiger partial charge is 0.372 e. The van der Waals surface area contributed by atoms with Crippen molar-refractivity contribution >= 4 is 17.3 Å². The second kappa shape index (κ2) is 6.48. The molecule has 4 nitrogen and oxygen atoms in total. The zero-order valence-corrected chi connectivity index (χ0v) is 12.8. The van der Waals surface area contributed by atoms with Crippen molar-refractivity contribution in [1.29, 1.82) is 0 Å². The van der Waals surface area contributed by atoms with Crippen molar-refractivity contribution in [3.05, 3.63) is 23.8 Å². The van der Waals surface area contributed by atoms with Gasteiger partial charge in [-0.2, -0.15) is 0 Å². The third-order valence-electron chi connectivity index (χ3n) is 4.57. The fourth-order valence-electron chi connectivity index (χ4n) is 3.26. The number of aryl methyl sites for hydroxylation is 1. The minimum Gasteiger partial charge on any atom is -0.372 e. The summed E-state index contributed by atoms with van der Waals surface area (Å²) in [7, 11) is 0. The second-order valence-electron chi connectivity index (χ2n) is 6.19. The van der Waals surface area contributed by atoms with Crippen LogP contribution in [-0.2, 0) is 4.79 Å². The van der Waals surface area contributed by atoms with Crippen LogP contribution in [0, 0.1) is 6.92 Å². The van der Waals surface area contributed by atoms with Gasteiger partial charge in [-0.25, -0.2) is 0 Å². The number of nitrogens with one attached hydrogen (secondary N) is 2. The van der Waals surface area contributed by atoms with Gasteiger partial charge in [0.2, 0.25) is 5.91 Å². The third kappa shape index (κ3) is 3.38. The van der Waals surface area contributed by atoms with Crippen LogP contribution >= 0.6 is 0 Å². The lowest BCUT2D eigenvalue weighted by atomic mass is 10.0. The summed E-state index contributed by atoms with van der Waals surface area (Å²) in [6, 6.07) is 6.33. The number of piperidine rings is 1. The van der Waals surface area contributed by atoms with Gasteiger partial charge in [0.25, 0.3) is 0 Å². The van der Waals surface area contributed by atoms with E-state index in [-0.39, 0.29) is 11.9 Å². The molecule has 3 rings (SSSR count). The van der Waals surface area contributed by atoms with Crippen LogP contribution in [0.5, 0.6) is 0 Å². The van der Waals surface area contributed by atoms with Crippen LogP contribution in [0.1, 0.15) is 37.7 Å². The summed E-state index contributed by atoms with van der Waals surface area (Å²) < 4.78 is 0. The summed E-state index contributed by atoms with van der Waals surface area (Å²) in [6.45, 7) is 5.32. The van der Waals surface area contributed by atoms with Gasteiger partial charge in [0.05, 0.1) is 6.04 Å². The van der Waals surface area contributed by atoms with Gasteiger partial charge >= 0.3 is 0 Å². The Bertz CT molecular complexity index is 503. The van der Waals surface area contributed by atoms with Crippen LogP contribution in [0.2, 0.25) is 0 Å². The van der Waals surface area contributed by atoms with Crippen LogP contribution in [0.4, 0.5) is 11.4 Å². The zero-order valence-electron chi connectivity index (χ0n) is 12.8. The van der Waals surface area contributed by atoms with Crippen molar-refractivity contribution in [2.75, 3.05) is 29.9 Å². The highest BCUT2D eigenvalue weighted by atomic mass is 16.2. The quantitative estimate of drug-likeness (QED) is 0.898. The molecule has 2 aliphatic heterocycles. The van der Waals surface area contributed by atoms with Crippen LogP contribution in [0.25, 0.3) is 0 Å². The first-order valence-corrected chi connectivity index (χ1v) is 8.14. The first-order chi connectivity index (χ1) is 10.2. The Hall–Kier alpha value is -1.55. The van der Waals surface area contributed by atoms with Gasteiger partial charge in [-0.1, -0.05) is 6.42 Å². The van der Waals surface area contributed by atoms with Gasteiger partial charge in [-0.05, 0) is 62.9 Å². The maximum atomic E-state index is 12.3. The molecule has 0 spiro atoms. The highest BCUT2D eigenvalue weighted by molar-refractivity contribution is 5.95. The van der Waals surface area contributed by atoms with Crippen molar-refractivity contribution in [2.45, 2.75) is 45.1 Å². The Balaban J connectivity index is 1.66. The van der Waals surface area contributed by atoms with E-state index in [0.29, 0.717) is 0 Å². The predicted molar refractivity (Wildman–Crippen MR) is 86.9 cm³/mol. The van der Waals surface area contributed by atoms with E-state index in [1.54, 1.807) is 0 Å². The van der Waals surface area contributed by atoms with Crippen LogP contribution in [0.15, 0.2) is 18.2 Å². The maximum Gasteiger partial charge on any atom is 0.241 e. The maximum absolute atomic E-state index is 12.3. The van der Waals surface area contributed by atoms with E-state index >= 15 is 0 Å². The molecule has 2 N–H and O–H groups in total. The van der Waals surface area contributed by atoms with Gasteiger partial charge in [0.1, 0.15) is 0 Å². The van der Waals surface area contributed by atoms with Crippen molar-refractivity contribution < 1.29 is 4.79 Å². The van der Waals surface area contributed by atoms with Crippen molar-refractivity contribution in [3.63, 3.8) is 0 Å². The highest BCUT2D eigenvalue weighted by Crippen LogP contribution is 2.25. The Morgan fingerprint density at radius 2 is 2.05 bits per heavy atom. The Labute approximate surface area is 126 Å². The molecular weight excluding hydrogens is 262 g/mol. The molecule has 1 aromatic carbocycles. The van der Waals surface area contributed by atoms with E-state index in [0.717, 1.165) is 43.7 Å². The Kier molecular flexibility index (Phi) is 4.44. The number of carbonyl (C=O) groups is 1. The lowest BCUT2D eigenvalue weighted by Gasteiger charge is -2.23. The third-order valence-corrected chi connectivity index (χ3v) is 4.57. The molecule has 0 aliphatic carbocycles. The van der Waals surface area contributed by atoms with Crippen molar-refractivity contribution in [2.24, 2.45) is 0 Å². The number of rotatable bonds is 3. The van der Waals surface area contributed by atoms with Gasteiger partial charge < -0.3 is 15.5 Å². The van der Waals surface area contributed by atoms with E-state index in [2.05, 4.69) is 34.6 Å². The first-order valence-electron chi connectivity index (χ1n) is 8.14. The normalized spacial score (nSPS) is 22.3. The molecule has 1 atom stereocenters. The predicted octanol–water partition coefficient (Wildman–Crippen LogP) is 2.68. The molecule has 21 heavy (non-hydrogen) atoms. The molecule has 0 aromatic heterocycles. The lowest BCUT2D eigenvalue weighted by Crippen LogP contribution is -2.43. The van der Waals surface area contributed by atoms with E-state index in [1.165, 1.54) is 24.9 Å². The van der Waals surface area contributed by atoms with E-state index in [9.17, 15) is 4.79 Å². The molecule has 0 bridgehead atoms. The van der Waals surface area contributed by atoms with Crippen LogP contribution in [-0.4, -0.2) is 31.6 Å². The smallest absolute Gasteiger partial charge is 0.241 e. The Morgan fingerprint density at radius 1 is 1.24 bits per heavy atom. The molecule has 0 unspecified atom stereocenters. The highest BCUT2D eigenvalue weighted by Gasteiger charge is 2.21. The topological polar surface area (TPSA) is 44.4 Å².